The highest BCUT2D eigenvalue weighted by molar-refractivity contribution is 5.73. The van der Waals surface area contributed by atoms with Crippen LogP contribution in [0.25, 0.3) is 0 Å². The van der Waals surface area contributed by atoms with E-state index >= 15 is 0 Å². The summed E-state index contributed by atoms with van der Waals surface area (Å²) in [5.74, 6) is -0.211. The van der Waals surface area contributed by atoms with Gasteiger partial charge < -0.3 is 0 Å². The van der Waals surface area contributed by atoms with Crippen LogP contribution < -0.4 is 5.36 Å². The first-order valence-electron chi connectivity index (χ1n) is 5.19. The molecule has 0 atom stereocenters. The fourth-order valence-corrected chi connectivity index (χ4v) is 1.54. The summed E-state index contributed by atoms with van der Waals surface area (Å²) in [6.07, 6.45) is 12.8. The first-order valence-corrected chi connectivity index (χ1v) is 5.19. The Hall–Kier alpha value is -1.97. The van der Waals surface area contributed by atoms with E-state index in [1.807, 2.05) is 10.9 Å². The van der Waals surface area contributed by atoms with Gasteiger partial charge in [0.25, 0.3) is 0 Å². The average Bonchev–Trinajstić information content (AvgIpc) is 2.30. The van der Waals surface area contributed by atoms with Crippen LogP contribution in [0.5, 0.6) is 0 Å². The lowest BCUT2D eigenvalue weighted by Crippen LogP contribution is -2.14. The van der Waals surface area contributed by atoms with Gasteiger partial charge in [-0.2, -0.15) is 5.10 Å². The van der Waals surface area contributed by atoms with Crippen LogP contribution in [0.1, 0.15) is 19.4 Å². The third kappa shape index (κ3) is 2.53. The van der Waals surface area contributed by atoms with Crippen molar-refractivity contribution in [3.63, 3.8) is 0 Å². The van der Waals surface area contributed by atoms with Crippen LogP contribution in [-0.4, -0.2) is 15.7 Å². The molecule has 2 rings (SSSR count). The first-order chi connectivity index (χ1) is 7.75. The van der Waals surface area contributed by atoms with Crippen LogP contribution in [0.4, 0.5) is 0 Å². The van der Waals surface area contributed by atoms with E-state index in [2.05, 4.69) is 34.4 Å². The van der Waals surface area contributed by atoms with E-state index in [0.717, 1.165) is 6.42 Å². The number of hydrogen-bond acceptors (Lipinski definition) is 2. The van der Waals surface area contributed by atoms with E-state index in [1.165, 1.54) is 6.92 Å². The maximum Gasteiger partial charge on any atom is 0.243 e. The van der Waals surface area contributed by atoms with Crippen LogP contribution in [0.15, 0.2) is 47.8 Å². The van der Waals surface area contributed by atoms with E-state index in [1.54, 1.807) is 12.3 Å². The summed E-state index contributed by atoms with van der Waals surface area (Å²) < 4.78 is 1.82. The fraction of sp³-hybridized carbons (Fsp3) is 0.250. The molecule has 0 radical (unpaired) electrons. The van der Waals surface area contributed by atoms with E-state index in [0.29, 0.717) is 5.36 Å². The SMILES string of the molecule is CC(=O)N=c1ccn(C2C=CCC=C2)nc1. The predicted octanol–water partition coefficient (Wildman–Crippen LogP) is 1.39. The maximum atomic E-state index is 10.8. The second kappa shape index (κ2) is 4.70. The number of nitrogens with zero attached hydrogens (tertiary/aromatic N) is 3. The van der Waals surface area contributed by atoms with Crippen molar-refractivity contribution in [2.24, 2.45) is 4.99 Å². The van der Waals surface area contributed by atoms with Crippen LogP contribution >= 0.6 is 0 Å². The predicted molar refractivity (Wildman–Crippen MR) is 60.4 cm³/mol. The maximum absolute atomic E-state index is 10.8. The highest BCUT2D eigenvalue weighted by Crippen LogP contribution is 2.12. The van der Waals surface area contributed by atoms with Gasteiger partial charge in [0.05, 0.1) is 17.6 Å². The Balaban J connectivity index is 2.25. The average molecular weight is 215 g/mol. The number of hydrogen-bond donors (Lipinski definition) is 0. The highest BCUT2D eigenvalue weighted by atomic mass is 16.1. The van der Waals surface area contributed by atoms with Gasteiger partial charge in [0, 0.05) is 13.1 Å². The van der Waals surface area contributed by atoms with Crippen molar-refractivity contribution in [1.82, 2.24) is 9.78 Å². The molecule has 1 aliphatic carbocycles. The van der Waals surface area contributed by atoms with Crippen LogP contribution in [0.3, 0.4) is 0 Å². The van der Waals surface area contributed by atoms with Crippen LogP contribution in [0.2, 0.25) is 0 Å². The molecule has 0 bridgehead atoms. The Morgan fingerprint density at radius 3 is 2.81 bits per heavy atom. The zero-order valence-electron chi connectivity index (χ0n) is 9.08. The van der Waals surface area contributed by atoms with Crippen LogP contribution in [-0.2, 0) is 4.79 Å². The Bertz CT molecular complexity index is 479. The van der Waals surface area contributed by atoms with Gasteiger partial charge in [-0.1, -0.05) is 24.3 Å². The van der Waals surface area contributed by atoms with Gasteiger partial charge in [0.15, 0.2) is 0 Å². The molecule has 1 amide bonds. The van der Waals surface area contributed by atoms with E-state index in [4.69, 9.17) is 0 Å². The normalized spacial score (nSPS) is 16.7. The number of carbonyl (C=O) groups is 1. The van der Waals surface area contributed by atoms with Crippen molar-refractivity contribution in [3.05, 3.63) is 48.1 Å². The largest absolute Gasteiger partial charge is 0.273 e. The molecule has 0 fully saturated rings. The minimum Gasteiger partial charge on any atom is -0.273 e. The number of rotatable bonds is 1. The number of allylic oxidation sites excluding steroid dienone is 4. The molecule has 0 unspecified atom stereocenters. The van der Waals surface area contributed by atoms with Gasteiger partial charge in [0.1, 0.15) is 0 Å². The molecule has 4 nitrogen and oxygen atoms in total. The smallest absolute Gasteiger partial charge is 0.243 e. The topological polar surface area (TPSA) is 47.2 Å². The fourth-order valence-electron chi connectivity index (χ4n) is 1.54. The standard InChI is InChI=1S/C12H13N3O/c1-10(16)14-11-7-8-15(13-9-11)12-5-3-2-4-6-12/h3-9,12H,2H2,1H3. The quantitative estimate of drug-likeness (QED) is 0.664. The molecule has 0 saturated carbocycles. The molecule has 0 spiro atoms. The number of aromatic nitrogens is 2. The molecule has 16 heavy (non-hydrogen) atoms. The lowest BCUT2D eigenvalue weighted by atomic mass is 10.1. The molecule has 1 heterocycles. The first kappa shape index (κ1) is 10.5. The minimum atomic E-state index is -0.211. The molecule has 1 aliphatic rings. The molecule has 4 heteroatoms. The summed E-state index contributed by atoms with van der Waals surface area (Å²) in [5, 5.41) is 4.81. The molecule has 1 aromatic heterocycles. The molecular weight excluding hydrogens is 202 g/mol. The van der Waals surface area contributed by atoms with Crippen molar-refractivity contribution in [2.75, 3.05) is 0 Å². The summed E-state index contributed by atoms with van der Waals surface area (Å²) in [6.45, 7) is 1.42. The van der Waals surface area contributed by atoms with Crippen molar-refractivity contribution in [3.8, 4) is 0 Å². The van der Waals surface area contributed by atoms with Gasteiger partial charge in [-0.15, -0.1) is 0 Å². The molecule has 0 aromatic carbocycles. The second-order valence-electron chi connectivity index (χ2n) is 3.58. The lowest BCUT2D eigenvalue weighted by Gasteiger charge is -2.13. The summed E-state index contributed by atoms with van der Waals surface area (Å²) >= 11 is 0. The van der Waals surface area contributed by atoms with Gasteiger partial charge in [-0.25, -0.2) is 4.99 Å². The van der Waals surface area contributed by atoms with Crippen LogP contribution in [0, 0.1) is 0 Å². The van der Waals surface area contributed by atoms with E-state index in [-0.39, 0.29) is 11.9 Å². The van der Waals surface area contributed by atoms with Gasteiger partial charge in [-0.3, -0.25) is 9.48 Å². The van der Waals surface area contributed by atoms with E-state index in [9.17, 15) is 4.79 Å². The minimum absolute atomic E-state index is 0.167. The van der Waals surface area contributed by atoms with E-state index < -0.39 is 0 Å². The molecule has 82 valence electrons. The monoisotopic (exact) mass is 215 g/mol. The molecular formula is C12H13N3O. The van der Waals surface area contributed by atoms with Gasteiger partial charge in [-0.05, 0) is 12.5 Å². The summed E-state index contributed by atoms with van der Waals surface area (Å²) in [4.78, 5) is 14.6. The molecule has 0 N–H and O–H groups in total. The summed E-state index contributed by atoms with van der Waals surface area (Å²) in [5.41, 5.74) is 0. The van der Waals surface area contributed by atoms with Crippen molar-refractivity contribution >= 4 is 5.91 Å². The Labute approximate surface area is 93.6 Å². The Kier molecular flexibility index (Phi) is 3.10. The zero-order valence-corrected chi connectivity index (χ0v) is 9.08. The van der Waals surface area contributed by atoms with Crippen molar-refractivity contribution in [1.29, 1.82) is 0 Å². The summed E-state index contributed by atoms with van der Waals surface area (Å²) in [7, 11) is 0. The number of carbonyl (C=O) groups excluding carboxylic acids is 1. The summed E-state index contributed by atoms with van der Waals surface area (Å²) in [6, 6.07) is 1.95. The highest BCUT2D eigenvalue weighted by Gasteiger charge is 2.03. The van der Waals surface area contributed by atoms with Crippen molar-refractivity contribution < 1.29 is 4.79 Å². The van der Waals surface area contributed by atoms with Gasteiger partial charge >= 0.3 is 0 Å². The third-order valence-corrected chi connectivity index (χ3v) is 2.25. The zero-order chi connectivity index (χ0) is 11.4. The molecule has 0 aliphatic heterocycles. The van der Waals surface area contributed by atoms with Gasteiger partial charge in [0.2, 0.25) is 5.91 Å². The molecule has 1 aromatic rings. The Morgan fingerprint density at radius 1 is 1.50 bits per heavy atom. The van der Waals surface area contributed by atoms with Crippen molar-refractivity contribution in [2.45, 2.75) is 19.4 Å². The second-order valence-corrected chi connectivity index (χ2v) is 3.58. The lowest BCUT2D eigenvalue weighted by molar-refractivity contribution is -0.116. The number of amides is 1. The molecule has 0 saturated heterocycles. The third-order valence-electron chi connectivity index (χ3n) is 2.25. The Morgan fingerprint density at radius 2 is 2.25 bits per heavy atom.